The molecule has 16 heavy (non-hydrogen) atoms. The number of nitrogens with one attached hydrogen (secondary N) is 1. The first kappa shape index (κ1) is 15.9. The third kappa shape index (κ3) is 5.86. The summed E-state index contributed by atoms with van der Waals surface area (Å²) in [5.41, 5.74) is 0. The predicted octanol–water partition coefficient (Wildman–Crippen LogP) is 3.28. The lowest BCUT2D eigenvalue weighted by Gasteiger charge is -2.34. The molecule has 0 saturated heterocycles. The zero-order valence-electron chi connectivity index (χ0n) is 12.1. The van der Waals surface area contributed by atoms with Gasteiger partial charge in [-0.3, -0.25) is 4.90 Å². The second kappa shape index (κ2) is 10.1. The summed E-state index contributed by atoms with van der Waals surface area (Å²) in [4.78, 5) is 2.66. The van der Waals surface area contributed by atoms with Gasteiger partial charge in [0.05, 0.1) is 0 Å². The van der Waals surface area contributed by atoms with E-state index >= 15 is 0 Å². The molecule has 0 aromatic rings. The molecule has 98 valence electrons. The van der Waals surface area contributed by atoms with Crippen LogP contribution in [0, 0.1) is 0 Å². The highest BCUT2D eigenvalue weighted by Gasteiger charge is 2.19. The molecule has 2 atom stereocenters. The highest BCUT2D eigenvalue weighted by molar-refractivity contribution is 4.79. The topological polar surface area (TPSA) is 15.3 Å². The number of likely N-dealkylation sites (N-methyl/N-ethyl adjacent to an activating group) is 1. The van der Waals surface area contributed by atoms with Crippen LogP contribution < -0.4 is 5.32 Å². The van der Waals surface area contributed by atoms with Crippen LogP contribution in [0.15, 0.2) is 0 Å². The average Bonchev–Trinajstić information content (AvgIpc) is 2.30. The second-order valence-electron chi connectivity index (χ2n) is 4.79. The zero-order chi connectivity index (χ0) is 12.4. The van der Waals surface area contributed by atoms with Crippen LogP contribution in [0.2, 0.25) is 0 Å². The van der Waals surface area contributed by atoms with E-state index in [-0.39, 0.29) is 0 Å². The molecule has 0 heterocycles. The van der Waals surface area contributed by atoms with Gasteiger partial charge in [-0.2, -0.15) is 0 Å². The fourth-order valence-electron chi connectivity index (χ4n) is 2.28. The molecule has 0 aliphatic carbocycles. The van der Waals surface area contributed by atoms with Crippen LogP contribution in [0.1, 0.15) is 59.8 Å². The van der Waals surface area contributed by atoms with Gasteiger partial charge in [-0.1, -0.05) is 33.6 Å². The van der Waals surface area contributed by atoms with E-state index < -0.39 is 0 Å². The van der Waals surface area contributed by atoms with Crippen molar-refractivity contribution < 1.29 is 0 Å². The van der Waals surface area contributed by atoms with Crippen molar-refractivity contribution in [2.75, 3.05) is 20.1 Å². The first-order valence-corrected chi connectivity index (χ1v) is 7.12. The summed E-state index contributed by atoms with van der Waals surface area (Å²) in [6.07, 6.45) is 6.46. The molecule has 0 bridgehead atoms. The molecule has 0 spiro atoms. The van der Waals surface area contributed by atoms with Crippen molar-refractivity contribution in [3.8, 4) is 0 Å². The first-order valence-electron chi connectivity index (χ1n) is 7.12. The van der Waals surface area contributed by atoms with E-state index in [9.17, 15) is 0 Å². The Kier molecular flexibility index (Phi) is 10.0. The van der Waals surface area contributed by atoms with Gasteiger partial charge in [-0.25, -0.2) is 0 Å². The van der Waals surface area contributed by atoms with E-state index in [4.69, 9.17) is 0 Å². The Morgan fingerprint density at radius 2 is 1.50 bits per heavy atom. The Morgan fingerprint density at radius 1 is 1.00 bits per heavy atom. The molecular formula is C14H32N2. The van der Waals surface area contributed by atoms with Crippen molar-refractivity contribution in [2.24, 2.45) is 0 Å². The molecule has 0 aromatic carbocycles. The SMILES string of the molecule is CCCCN(CCCC)C(C)C(CC)NC. The van der Waals surface area contributed by atoms with Crippen molar-refractivity contribution in [1.29, 1.82) is 0 Å². The fraction of sp³-hybridized carbons (Fsp3) is 1.00. The van der Waals surface area contributed by atoms with Crippen LogP contribution in [-0.4, -0.2) is 37.1 Å². The molecule has 2 unspecified atom stereocenters. The van der Waals surface area contributed by atoms with Gasteiger partial charge in [-0.15, -0.1) is 0 Å². The van der Waals surface area contributed by atoms with E-state index in [1.165, 1.54) is 45.2 Å². The average molecular weight is 228 g/mol. The van der Waals surface area contributed by atoms with Gasteiger partial charge >= 0.3 is 0 Å². The first-order chi connectivity index (χ1) is 7.71. The minimum absolute atomic E-state index is 0.633. The molecule has 1 N–H and O–H groups in total. The minimum atomic E-state index is 0.633. The van der Waals surface area contributed by atoms with Gasteiger partial charge in [0.15, 0.2) is 0 Å². The zero-order valence-corrected chi connectivity index (χ0v) is 12.1. The third-order valence-electron chi connectivity index (χ3n) is 3.57. The molecular weight excluding hydrogens is 196 g/mol. The Morgan fingerprint density at radius 3 is 1.81 bits per heavy atom. The molecule has 2 heteroatoms. The molecule has 0 rings (SSSR count). The molecule has 2 nitrogen and oxygen atoms in total. The van der Waals surface area contributed by atoms with Crippen LogP contribution in [0.4, 0.5) is 0 Å². The summed E-state index contributed by atoms with van der Waals surface area (Å²) in [6, 6.07) is 1.29. The summed E-state index contributed by atoms with van der Waals surface area (Å²) in [7, 11) is 2.09. The Hall–Kier alpha value is -0.0800. The van der Waals surface area contributed by atoms with Crippen LogP contribution in [0.5, 0.6) is 0 Å². The largest absolute Gasteiger partial charge is 0.315 e. The maximum absolute atomic E-state index is 3.44. The van der Waals surface area contributed by atoms with E-state index in [2.05, 4.69) is 45.0 Å². The monoisotopic (exact) mass is 228 g/mol. The summed E-state index contributed by atoms with van der Waals surface area (Å²) in [5.74, 6) is 0. The van der Waals surface area contributed by atoms with Gasteiger partial charge in [0.25, 0.3) is 0 Å². The second-order valence-corrected chi connectivity index (χ2v) is 4.79. The maximum atomic E-state index is 3.44. The quantitative estimate of drug-likeness (QED) is 0.617. The summed E-state index contributed by atoms with van der Waals surface area (Å²) >= 11 is 0. The molecule has 0 fully saturated rings. The maximum Gasteiger partial charge on any atom is 0.0220 e. The molecule has 0 amide bonds. The smallest absolute Gasteiger partial charge is 0.0220 e. The lowest BCUT2D eigenvalue weighted by molar-refractivity contribution is 0.165. The number of hydrogen-bond acceptors (Lipinski definition) is 2. The van der Waals surface area contributed by atoms with E-state index in [1.54, 1.807) is 0 Å². The van der Waals surface area contributed by atoms with Crippen molar-refractivity contribution in [2.45, 2.75) is 71.9 Å². The number of nitrogens with zero attached hydrogens (tertiary/aromatic N) is 1. The number of unbranched alkanes of at least 4 members (excludes halogenated alkanes) is 2. The lowest BCUT2D eigenvalue weighted by Crippen LogP contribution is -2.47. The van der Waals surface area contributed by atoms with Gasteiger partial charge in [0, 0.05) is 12.1 Å². The third-order valence-corrected chi connectivity index (χ3v) is 3.57. The van der Waals surface area contributed by atoms with Crippen molar-refractivity contribution >= 4 is 0 Å². The van der Waals surface area contributed by atoms with Crippen LogP contribution in [-0.2, 0) is 0 Å². The predicted molar refractivity (Wildman–Crippen MR) is 74.0 cm³/mol. The Bertz CT molecular complexity index is 136. The summed E-state index contributed by atoms with van der Waals surface area (Å²) in [5, 5.41) is 3.44. The fourth-order valence-corrected chi connectivity index (χ4v) is 2.28. The normalized spacial score (nSPS) is 15.4. The Labute approximate surface area is 103 Å². The van der Waals surface area contributed by atoms with E-state index in [1.807, 2.05) is 0 Å². The van der Waals surface area contributed by atoms with Crippen molar-refractivity contribution in [3.63, 3.8) is 0 Å². The van der Waals surface area contributed by atoms with Crippen LogP contribution >= 0.6 is 0 Å². The standard InChI is InChI=1S/C14H32N2/c1-6-9-11-16(12-10-7-2)13(4)14(8-3)15-5/h13-15H,6-12H2,1-5H3. The van der Waals surface area contributed by atoms with Crippen molar-refractivity contribution in [1.82, 2.24) is 10.2 Å². The van der Waals surface area contributed by atoms with Crippen LogP contribution in [0.3, 0.4) is 0 Å². The van der Waals surface area contributed by atoms with Gasteiger partial charge in [0.1, 0.15) is 0 Å². The van der Waals surface area contributed by atoms with Crippen LogP contribution in [0.25, 0.3) is 0 Å². The van der Waals surface area contributed by atoms with Gasteiger partial charge in [-0.05, 0) is 46.3 Å². The number of hydrogen-bond donors (Lipinski definition) is 1. The van der Waals surface area contributed by atoms with Crippen molar-refractivity contribution in [3.05, 3.63) is 0 Å². The summed E-state index contributed by atoms with van der Waals surface area (Å²) in [6.45, 7) is 11.7. The highest BCUT2D eigenvalue weighted by Crippen LogP contribution is 2.10. The molecule has 0 aromatic heterocycles. The van der Waals surface area contributed by atoms with E-state index in [0.29, 0.717) is 12.1 Å². The summed E-state index contributed by atoms with van der Waals surface area (Å²) < 4.78 is 0. The minimum Gasteiger partial charge on any atom is -0.315 e. The molecule has 0 aliphatic heterocycles. The molecule has 0 radical (unpaired) electrons. The molecule has 0 saturated carbocycles. The van der Waals surface area contributed by atoms with Gasteiger partial charge in [0.2, 0.25) is 0 Å². The lowest BCUT2D eigenvalue weighted by atomic mass is 10.0. The molecule has 0 aliphatic rings. The van der Waals surface area contributed by atoms with E-state index in [0.717, 1.165) is 0 Å². The Balaban J connectivity index is 4.21. The van der Waals surface area contributed by atoms with Gasteiger partial charge < -0.3 is 5.32 Å². The highest BCUT2D eigenvalue weighted by atomic mass is 15.2. The number of rotatable bonds is 10.